The lowest BCUT2D eigenvalue weighted by atomic mass is 10.1. The summed E-state index contributed by atoms with van der Waals surface area (Å²) in [5, 5.41) is 9.25. The molecule has 0 fully saturated rings. The first-order valence-corrected chi connectivity index (χ1v) is 9.01. The third-order valence-electron chi connectivity index (χ3n) is 3.90. The van der Waals surface area contributed by atoms with Gasteiger partial charge in [0, 0.05) is 29.2 Å². The van der Waals surface area contributed by atoms with Crippen molar-refractivity contribution in [1.29, 1.82) is 0 Å². The second kappa shape index (κ2) is 6.93. The molecular weight excluding hydrogens is 344 g/mol. The van der Waals surface area contributed by atoms with Gasteiger partial charge in [0.25, 0.3) is 0 Å². The second-order valence-electron chi connectivity index (χ2n) is 5.80. The van der Waals surface area contributed by atoms with Gasteiger partial charge in [0.1, 0.15) is 17.0 Å². The number of aromatic nitrogens is 2. The Labute approximate surface area is 154 Å². The summed E-state index contributed by atoms with van der Waals surface area (Å²) in [7, 11) is 0. The number of carbonyl (C=O) groups is 1. The maximum absolute atomic E-state index is 11.3. The molecule has 26 heavy (non-hydrogen) atoms. The van der Waals surface area contributed by atoms with Gasteiger partial charge < -0.3 is 10.6 Å². The van der Waals surface area contributed by atoms with Crippen LogP contribution < -0.4 is 10.6 Å². The van der Waals surface area contributed by atoms with Gasteiger partial charge in [0.05, 0.1) is 5.39 Å². The number of thiophene rings is 1. The molecular formula is C20H16N4OS. The van der Waals surface area contributed by atoms with Crippen LogP contribution in [0.25, 0.3) is 21.3 Å². The molecule has 0 saturated carbocycles. The number of hydrogen-bond donors (Lipinski definition) is 2. The first-order valence-electron chi connectivity index (χ1n) is 8.13. The van der Waals surface area contributed by atoms with Crippen molar-refractivity contribution in [2.75, 3.05) is 10.6 Å². The van der Waals surface area contributed by atoms with Crippen molar-refractivity contribution in [2.24, 2.45) is 0 Å². The van der Waals surface area contributed by atoms with E-state index in [4.69, 9.17) is 0 Å². The van der Waals surface area contributed by atoms with Crippen molar-refractivity contribution in [2.45, 2.75) is 6.92 Å². The molecule has 2 heterocycles. The Bertz CT molecular complexity index is 1080. The van der Waals surface area contributed by atoms with Gasteiger partial charge in [0.2, 0.25) is 5.91 Å². The normalized spacial score (nSPS) is 10.7. The number of nitrogens with one attached hydrogen (secondary N) is 2. The van der Waals surface area contributed by atoms with Crippen molar-refractivity contribution in [3.63, 3.8) is 0 Å². The van der Waals surface area contributed by atoms with Crippen LogP contribution >= 0.6 is 11.3 Å². The highest BCUT2D eigenvalue weighted by molar-refractivity contribution is 7.17. The number of fused-ring (bicyclic) bond motifs is 1. The van der Waals surface area contributed by atoms with E-state index in [1.54, 1.807) is 17.7 Å². The van der Waals surface area contributed by atoms with E-state index in [1.165, 1.54) is 6.92 Å². The Morgan fingerprint density at radius 1 is 1.00 bits per heavy atom. The van der Waals surface area contributed by atoms with Crippen LogP contribution in [0.3, 0.4) is 0 Å². The molecule has 0 radical (unpaired) electrons. The fourth-order valence-corrected chi connectivity index (χ4v) is 3.73. The predicted molar refractivity (Wildman–Crippen MR) is 107 cm³/mol. The minimum atomic E-state index is -0.101. The molecule has 0 bridgehead atoms. The van der Waals surface area contributed by atoms with Crippen LogP contribution in [0.1, 0.15) is 6.92 Å². The molecule has 2 aromatic heterocycles. The Kier molecular flexibility index (Phi) is 4.33. The number of amides is 1. The highest BCUT2D eigenvalue weighted by Gasteiger charge is 2.13. The molecule has 5 nitrogen and oxygen atoms in total. The molecule has 4 aromatic rings. The van der Waals surface area contributed by atoms with Crippen LogP contribution in [0.15, 0.2) is 66.3 Å². The van der Waals surface area contributed by atoms with Gasteiger partial charge in [-0.1, -0.05) is 36.4 Å². The molecule has 0 atom stereocenters. The molecule has 4 rings (SSSR count). The van der Waals surface area contributed by atoms with E-state index >= 15 is 0 Å². The Morgan fingerprint density at radius 3 is 2.62 bits per heavy atom. The zero-order chi connectivity index (χ0) is 17.9. The number of rotatable bonds is 4. The van der Waals surface area contributed by atoms with E-state index < -0.39 is 0 Å². The highest BCUT2D eigenvalue weighted by atomic mass is 32.1. The quantitative estimate of drug-likeness (QED) is 0.534. The summed E-state index contributed by atoms with van der Waals surface area (Å²) in [6.07, 6.45) is 1.56. The summed E-state index contributed by atoms with van der Waals surface area (Å²) < 4.78 is 0. The van der Waals surface area contributed by atoms with Gasteiger partial charge in [-0.25, -0.2) is 9.97 Å². The molecule has 2 aromatic carbocycles. The molecule has 0 aliphatic heterocycles. The van der Waals surface area contributed by atoms with Crippen LogP contribution in [-0.4, -0.2) is 15.9 Å². The van der Waals surface area contributed by atoms with E-state index in [0.29, 0.717) is 0 Å². The topological polar surface area (TPSA) is 66.9 Å². The summed E-state index contributed by atoms with van der Waals surface area (Å²) in [6, 6.07) is 17.8. The van der Waals surface area contributed by atoms with Crippen LogP contribution in [0.4, 0.5) is 17.2 Å². The van der Waals surface area contributed by atoms with Crippen LogP contribution in [-0.2, 0) is 4.79 Å². The second-order valence-corrected chi connectivity index (χ2v) is 6.66. The molecule has 2 N–H and O–H groups in total. The van der Waals surface area contributed by atoms with Crippen LogP contribution in [0, 0.1) is 0 Å². The number of anilines is 3. The number of carbonyl (C=O) groups excluding carboxylic acids is 1. The highest BCUT2D eigenvalue weighted by Crippen LogP contribution is 2.37. The van der Waals surface area contributed by atoms with Crippen molar-refractivity contribution < 1.29 is 4.79 Å². The molecule has 0 aliphatic carbocycles. The van der Waals surface area contributed by atoms with Gasteiger partial charge in [-0.3, -0.25) is 4.79 Å². The lowest BCUT2D eigenvalue weighted by Crippen LogP contribution is -2.05. The average molecular weight is 360 g/mol. The fourth-order valence-electron chi connectivity index (χ4n) is 2.81. The Morgan fingerprint density at radius 2 is 1.81 bits per heavy atom. The van der Waals surface area contributed by atoms with E-state index in [1.807, 2.05) is 42.5 Å². The first-order chi connectivity index (χ1) is 12.7. The van der Waals surface area contributed by atoms with Gasteiger partial charge in [-0.15, -0.1) is 11.3 Å². The Balaban J connectivity index is 1.76. The lowest BCUT2D eigenvalue weighted by Gasteiger charge is -2.10. The molecule has 0 saturated heterocycles. The van der Waals surface area contributed by atoms with E-state index in [9.17, 15) is 4.79 Å². The zero-order valence-corrected chi connectivity index (χ0v) is 14.9. The minimum absolute atomic E-state index is 0.101. The summed E-state index contributed by atoms with van der Waals surface area (Å²) in [5.74, 6) is 0.644. The first kappa shape index (κ1) is 16.2. The van der Waals surface area contributed by atoms with Crippen molar-refractivity contribution in [3.05, 3.63) is 66.3 Å². The van der Waals surface area contributed by atoms with Gasteiger partial charge in [-0.05, 0) is 23.8 Å². The largest absolute Gasteiger partial charge is 0.340 e. The number of benzene rings is 2. The summed E-state index contributed by atoms with van der Waals surface area (Å²) in [6.45, 7) is 1.49. The summed E-state index contributed by atoms with van der Waals surface area (Å²) in [4.78, 5) is 21.0. The van der Waals surface area contributed by atoms with Crippen LogP contribution in [0.5, 0.6) is 0 Å². The monoisotopic (exact) mass is 360 g/mol. The Hall–Kier alpha value is -3.25. The van der Waals surface area contributed by atoms with Crippen LogP contribution in [0.2, 0.25) is 0 Å². The average Bonchev–Trinajstić information content (AvgIpc) is 3.07. The molecule has 6 heteroatoms. The van der Waals surface area contributed by atoms with Crippen molar-refractivity contribution in [1.82, 2.24) is 9.97 Å². The predicted octanol–water partition coefficient (Wildman–Crippen LogP) is 5.06. The van der Waals surface area contributed by atoms with Crippen molar-refractivity contribution in [3.8, 4) is 11.1 Å². The smallest absolute Gasteiger partial charge is 0.221 e. The summed E-state index contributed by atoms with van der Waals surface area (Å²) >= 11 is 1.60. The maximum Gasteiger partial charge on any atom is 0.221 e. The molecule has 0 spiro atoms. The summed E-state index contributed by atoms with van der Waals surface area (Å²) in [5.41, 5.74) is 3.82. The van der Waals surface area contributed by atoms with Gasteiger partial charge >= 0.3 is 0 Å². The standard InChI is InChI=1S/C20H16N4OS/c1-13(25)23-15-8-5-9-16(10-15)24-19-18-17(14-6-3-2-4-7-14)11-26-20(18)22-12-21-19/h2-12H,1H3,(H,23,25)(H,21,22,24). The van der Waals surface area contributed by atoms with Gasteiger partial charge in [-0.2, -0.15) is 0 Å². The minimum Gasteiger partial charge on any atom is -0.340 e. The maximum atomic E-state index is 11.3. The number of hydrogen-bond acceptors (Lipinski definition) is 5. The third kappa shape index (κ3) is 3.27. The molecule has 0 unspecified atom stereocenters. The van der Waals surface area contributed by atoms with Crippen molar-refractivity contribution >= 4 is 44.7 Å². The van der Waals surface area contributed by atoms with E-state index in [0.717, 1.165) is 38.5 Å². The third-order valence-corrected chi connectivity index (χ3v) is 4.79. The molecule has 0 aliphatic rings. The number of nitrogens with zero attached hydrogens (tertiary/aromatic N) is 2. The lowest BCUT2D eigenvalue weighted by molar-refractivity contribution is -0.114. The van der Waals surface area contributed by atoms with E-state index in [-0.39, 0.29) is 5.91 Å². The fraction of sp³-hybridized carbons (Fsp3) is 0.0500. The van der Waals surface area contributed by atoms with Gasteiger partial charge in [0.15, 0.2) is 0 Å². The SMILES string of the molecule is CC(=O)Nc1cccc(Nc2ncnc3scc(-c4ccccc4)c23)c1. The van der Waals surface area contributed by atoms with E-state index in [2.05, 4.69) is 38.1 Å². The molecule has 1 amide bonds. The molecule has 128 valence electrons. The zero-order valence-electron chi connectivity index (χ0n) is 14.1.